The molecule has 3 aromatic rings. The maximum atomic E-state index is 13.6. The summed E-state index contributed by atoms with van der Waals surface area (Å²) in [5, 5.41) is 2.71. The summed E-state index contributed by atoms with van der Waals surface area (Å²) in [6.45, 7) is 5.04. The molecule has 6 nitrogen and oxygen atoms in total. The number of nitrogens with zero attached hydrogens (tertiary/aromatic N) is 1. The molecule has 0 spiro atoms. The molecule has 3 aromatic carbocycles. The van der Waals surface area contributed by atoms with Crippen LogP contribution in [0.15, 0.2) is 72.8 Å². The van der Waals surface area contributed by atoms with Gasteiger partial charge in [-0.2, -0.15) is 0 Å². The first-order valence-corrected chi connectivity index (χ1v) is 12.6. The average Bonchev–Trinajstić information content (AvgIpc) is 2.92. The third-order valence-corrected chi connectivity index (χ3v) is 6.02. The Kier molecular flexibility index (Phi) is 10.5. The van der Waals surface area contributed by atoms with Crippen molar-refractivity contribution >= 4 is 11.8 Å². The number of halogens is 1. The van der Waals surface area contributed by atoms with E-state index in [-0.39, 0.29) is 30.6 Å². The van der Waals surface area contributed by atoms with Gasteiger partial charge in [-0.1, -0.05) is 48.5 Å². The predicted molar refractivity (Wildman–Crippen MR) is 142 cm³/mol. The number of amides is 2. The molecule has 0 aliphatic rings. The highest BCUT2D eigenvalue weighted by atomic mass is 19.1. The van der Waals surface area contributed by atoms with E-state index in [2.05, 4.69) is 5.32 Å². The Balaban J connectivity index is 1.85. The quantitative estimate of drug-likeness (QED) is 0.357. The fraction of sp³-hybridized carbons (Fsp3) is 0.333. The third kappa shape index (κ3) is 8.07. The van der Waals surface area contributed by atoms with Crippen LogP contribution in [0.4, 0.5) is 4.39 Å². The topological polar surface area (TPSA) is 67.9 Å². The van der Waals surface area contributed by atoms with Gasteiger partial charge in [0, 0.05) is 26.4 Å². The summed E-state index contributed by atoms with van der Waals surface area (Å²) < 4.78 is 24.9. The highest BCUT2D eigenvalue weighted by Gasteiger charge is 2.29. The Hall–Kier alpha value is -3.87. The van der Waals surface area contributed by atoms with Crippen molar-refractivity contribution in [3.8, 4) is 11.5 Å². The van der Waals surface area contributed by atoms with Crippen LogP contribution in [0, 0.1) is 5.82 Å². The molecule has 0 fully saturated rings. The lowest BCUT2D eigenvalue weighted by molar-refractivity contribution is -0.141. The van der Waals surface area contributed by atoms with Crippen molar-refractivity contribution < 1.29 is 23.5 Å². The van der Waals surface area contributed by atoms with E-state index in [0.717, 1.165) is 16.7 Å². The van der Waals surface area contributed by atoms with Gasteiger partial charge in [-0.15, -0.1) is 0 Å². The van der Waals surface area contributed by atoms with Crippen molar-refractivity contribution in [2.24, 2.45) is 0 Å². The SMILES string of the molecule is CCOc1ccc(CCC(=O)N(Cc2ccc(F)cc2)[C@H](Cc2ccccc2)C(=O)NC)cc1OCC. The van der Waals surface area contributed by atoms with Crippen molar-refractivity contribution in [3.63, 3.8) is 0 Å². The fourth-order valence-corrected chi connectivity index (χ4v) is 4.15. The summed E-state index contributed by atoms with van der Waals surface area (Å²) in [5.41, 5.74) is 2.62. The van der Waals surface area contributed by atoms with Crippen molar-refractivity contribution in [1.29, 1.82) is 0 Å². The van der Waals surface area contributed by atoms with Gasteiger partial charge in [-0.3, -0.25) is 9.59 Å². The Morgan fingerprint density at radius 2 is 1.51 bits per heavy atom. The van der Waals surface area contributed by atoms with Crippen LogP contribution in [0.5, 0.6) is 11.5 Å². The van der Waals surface area contributed by atoms with Crippen molar-refractivity contribution in [1.82, 2.24) is 10.2 Å². The first-order chi connectivity index (χ1) is 17.9. The Bertz CT molecular complexity index is 1150. The van der Waals surface area contributed by atoms with E-state index in [1.165, 1.54) is 12.1 Å². The zero-order chi connectivity index (χ0) is 26.6. The highest BCUT2D eigenvalue weighted by molar-refractivity contribution is 5.88. The van der Waals surface area contributed by atoms with E-state index in [9.17, 15) is 14.0 Å². The van der Waals surface area contributed by atoms with Gasteiger partial charge in [0.25, 0.3) is 0 Å². The van der Waals surface area contributed by atoms with Crippen LogP contribution in [-0.2, 0) is 29.0 Å². The summed E-state index contributed by atoms with van der Waals surface area (Å²) in [6.07, 6.45) is 1.03. The Morgan fingerprint density at radius 1 is 0.865 bits per heavy atom. The molecule has 37 heavy (non-hydrogen) atoms. The van der Waals surface area contributed by atoms with Gasteiger partial charge in [0.15, 0.2) is 11.5 Å². The standard InChI is InChI=1S/C30H35FN2O4/c1-4-36-27-17-13-23(20-28(27)37-5-2)14-18-29(34)33(21-24-11-15-25(31)16-12-24)26(30(35)32-3)19-22-9-7-6-8-10-22/h6-13,15-17,20,26H,4-5,14,18-19,21H2,1-3H3,(H,32,35)/t26-/m1/s1. The molecule has 196 valence electrons. The maximum absolute atomic E-state index is 13.6. The molecule has 1 N–H and O–H groups in total. The number of carbonyl (C=O) groups excluding carboxylic acids is 2. The Labute approximate surface area is 218 Å². The fourth-order valence-electron chi connectivity index (χ4n) is 4.15. The number of ether oxygens (including phenoxy) is 2. The number of hydrogen-bond donors (Lipinski definition) is 1. The second-order valence-electron chi connectivity index (χ2n) is 8.61. The monoisotopic (exact) mass is 506 g/mol. The van der Waals surface area contributed by atoms with Gasteiger partial charge in [-0.05, 0) is 61.2 Å². The number of rotatable bonds is 13. The van der Waals surface area contributed by atoms with Crippen molar-refractivity contribution in [3.05, 3.63) is 95.3 Å². The highest BCUT2D eigenvalue weighted by Crippen LogP contribution is 2.29. The van der Waals surface area contributed by atoms with Gasteiger partial charge in [0.1, 0.15) is 11.9 Å². The zero-order valence-corrected chi connectivity index (χ0v) is 21.7. The molecule has 0 unspecified atom stereocenters. The van der Waals surface area contributed by atoms with Gasteiger partial charge < -0.3 is 19.7 Å². The molecule has 3 rings (SSSR count). The van der Waals surface area contributed by atoms with Crippen molar-refractivity contribution in [2.45, 2.75) is 45.7 Å². The minimum atomic E-state index is -0.718. The summed E-state index contributed by atoms with van der Waals surface area (Å²) in [4.78, 5) is 28.2. The van der Waals surface area contributed by atoms with E-state index in [1.807, 2.05) is 62.4 Å². The first-order valence-electron chi connectivity index (χ1n) is 12.6. The lowest BCUT2D eigenvalue weighted by Gasteiger charge is -2.31. The van der Waals surface area contributed by atoms with E-state index in [1.54, 1.807) is 24.1 Å². The lowest BCUT2D eigenvalue weighted by Crippen LogP contribution is -2.49. The molecule has 7 heteroatoms. The number of likely N-dealkylation sites (N-methyl/N-ethyl adjacent to an activating group) is 1. The van der Waals surface area contributed by atoms with Crippen molar-refractivity contribution in [2.75, 3.05) is 20.3 Å². The molecule has 0 bridgehead atoms. The molecule has 2 amide bonds. The predicted octanol–water partition coefficient (Wildman–Crippen LogP) is 4.94. The normalized spacial score (nSPS) is 11.5. The van der Waals surface area contributed by atoms with Crippen LogP contribution in [-0.4, -0.2) is 43.0 Å². The van der Waals surface area contributed by atoms with Crippen LogP contribution in [0.1, 0.15) is 37.0 Å². The molecule has 0 heterocycles. The molecule has 0 radical (unpaired) electrons. The number of benzene rings is 3. The summed E-state index contributed by atoms with van der Waals surface area (Å²) >= 11 is 0. The van der Waals surface area contributed by atoms with Gasteiger partial charge in [0.05, 0.1) is 13.2 Å². The summed E-state index contributed by atoms with van der Waals surface area (Å²) in [5.74, 6) is 0.541. The minimum absolute atomic E-state index is 0.166. The smallest absolute Gasteiger partial charge is 0.242 e. The minimum Gasteiger partial charge on any atom is -0.490 e. The van der Waals surface area contributed by atoms with Crippen LogP contribution in [0.25, 0.3) is 0 Å². The molecular weight excluding hydrogens is 471 g/mol. The molecule has 0 aliphatic heterocycles. The molecule has 0 aromatic heterocycles. The van der Waals surface area contributed by atoms with Crippen LogP contribution >= 0.6 is 0 Å². The average molecular weight is 507 g/mol. The van der Waals surface area contributed by atoms with Gasteiger partial charge >= 0.3 is 0 Å². The number of carbonyl (C=O) groups is 2. The van der Waals surface area contributed by atoms with Gasteiger partial charge in [0.2, 0.25) is 11.8 Å². The summed E-state index contributed by atoms with van der Waals surface area (Å²) in [7, 11) is 1.57. The molecule has 1 atom stereocenters. The second-order valence-corrected chi connectivity index (χ2v) is 8.61. The first kappa shape index (κ1) is 27.7. The molecule has 0 aliphatic carbocycles. The van der Waals surface area contributed by atoms with E-state index >= 15 is 0 Å². The van der Waals surface area contributed by atoms with Gasteiger partial charge in [-0.25, -0.2) is 4.39 Å². The maximum Gasteiger partial charge on any atom is 0.242 e. The van der Waals surface area contributed by atoms with E-state index < -0.39 is 6.04 Å². The zero-order valence-electron chi connectivity index (χ0n) is 21.7. The number of nitrogens with one attached hydrogen (secondary N) is 1. The van der Waals surface area contributed by atoms with Crippen LogP contribution in [0.3, 0.4) is 0 Å². The number of hydrogen-bond acceptors (Lipinski definition) is 4. The Morgan fingerprint density at radius 3 is 2.16 bits per heavy atom. The van der Waals surface area contributed by atoms with Crippen LogP contribution in [0.2, 0.25) is 0 Å². The van der Waals surface area contributed by atoms with E-state index in [4.69, 9.17) is 9.47 Å². The number of aryl methyl sites for hydroxylation is 1. The van der Waals surface area contributed by atoms with Crippen LogP contribution < -0.4 is 14.8 Å². The lowest BCUT2D eigenvalue weighted by atomic mass is 10.0. The summed E-state index contributed by atoms with van der Waals surface area (Å²) in [6, 6.07) is 20.5. The molecule has 0 saturated carbocycles. The third-order valence-electron chi connectivity index (χ3n) is 6.02. The second kappa shape index (κ2) is 14.0. The molecule has 0 saturated heterocycles. The molecular formula is C30H35FN2O4. The largest absolute Gasteiger partial charge is 0.490 e. The van der Waals surface area contributed by atoms with E-state index in [0.29, 0.717) is 37.6 Å².